The molecule has 4 rings (SSSR count). The maximum Gasteiger partial charge on any atom is 0.249 e. The predicted octanol–water partition coefficient (Wildman–Crippen LogP) is 1.82. The van der Waals surface area contributed by atoms with Crippen LogP contribution < -0.4 is 5.48 Å². The fraction of sp³-hybridized carbons (Fsp3) is 0.500. The first-order valence-corrected chi connectivity index (χ1v) is 10.2. The quantitative estimate of drug-likeness (QED) is 0.601. The van der Waals surface area contributed by atoms with Gasteiger partial charge in [-0.1, -0.05) is 36.4 Å². The van der Waals surface area contributed by atoms with E-state index in [0.29, 0.717) is 26.1 Å². The maximum atomic E-state index is 13.4. The lowest BCUT2D eigenvalue weighted by Crippen LogP contribution is -2.61. The number of hydrogen-bond donors (Lipinski definition) is 2. The summed E-state index contributed by atoms with van der Waals surface area (Å²) in [5.41, 5.74) is 3.98. The number of carbonyl (C=O) groups is 3. The fourth-order valence-electron chi connectivity index (χ4n) is 4.76. The molecule has 2 unspecified atom stereocenters. The molecule has 1 aromatic rings. The van der Waals surface area contributed by atoms with Gasteiger partial charge in [0.1, 0.15) is 6.04 Å². The van der Waals surface area contributed by atoms with E-state index in [-0.39, 0.29) is 17.2 Å². The molecule has 3 aliphatic rings. The van der Waals surface area contributed by atoms with Crippen LogP contribution >= 0.6 is 0 Å². The van der Waals surface area contributed by atoms with Crippen molar-refractivity contribution in [3.63, 3.8) is 0 Å². The number of piperidine rings is 1. The number of amides is 3. The second-order valence-corrected chi connectivity index (χ2v) is 8.51. The molecule has 2 aliphatic heterocycles. The smallest absolute Gasteiger partial charge is 0.249 e. The molecule has 1 aromatic carbocycles. The molecule has 3 amide bonds. The van der Waals surface area contributed by atoms with Crippen molar-refractivity contribution in [2.45, 2.75) is 38.6 Å². The van der Waals surface area contributed by atoms with Crippen molar-refractivity contribution in [2.75, 3.05) is 19.6 Å². The largest absolute Gasteiger partial charge is 0.337 e. The molecule has 1 saturated carbocycles. The van der Waals surface area contributed by atoms with Gasteiger partial charge in [-0.2, -0.15) is 0 Å². The number of nitrogens with one attached hydrogen (secondary N) is 1. The summed E-state index contributed by atoms with van der Waals surface area (Å²) in [5, 5.41) is 9.24. The first-order valence-electron chi connectivity index (χ1n) is 10.2. The van der Waals surface area contributed by atoms with Crippen molar-refractivity contribution >= 4 is 23.3 Å². The van der Waals surface area contributed by atoms with Gasteiger partial charge in [0.25, 0.3) is 0 Å². The lowest BCUT2D eigenvalue weighted by atomic mass is 9.79. The van der Waals surface area contributed by atoms with Crippen LogP contribution in [0.25, 0.3) is 5.57 Å². The van der Waals surface area contributed by atoms with Gasteiger partial charge in [0, 0.05) is 26.6 Å². The second kappa shape index (κ2) is 7.63. The minimum Gasteiger partial charge on any atom is -0.337 e. The number of nitrogens with zero attached hydrogens (tertiary/aromatic N) is 2. The number of rotatable bonds is 3. The van der Waals surface area contributed by atoms with Crippen LogP contribution in [0.5, 0.6) is 0 Å². The lowest BCUT2D eigenvalue weighted by molar-refractivity contribution is -0.157. The Labute approximate surface area is 170 Å². The van der Waals surface area contributed by atoms with E-state index in [1.807, 2.05) is 24.3 Å². The van der Waals surface area contributed by atoms with Crippen LogP contribution in [0.15, 0.2) is 36.4 Å². The van der Waals surface area contributed by atoms with Gasteiger partial charge in [-0.25, -0.2) is 5.48 Å². The van der Waals surface area contributed by atoms with Gasteiger partial charge in [0.2, 0.25) is 17.7 Å². The number of benzene rings is 1. The summed E-state index contributed by atoms with van der Waals surface area (Å²) in [6, 6.07) is 9.20. The topological polar surface area (TPSA) is 90.0 Å². The Morgan fingerprint density at radius 1 is 1.17 bits per heavy atom. The first-order chi connectivity index (χ1) is 13.9. The van der Waals surface area contributed by atoms with Gasteiger partial charge in [-0.15, -0.1) is 0 Å². The molecule has 2 heterocycles. The first kappa shape index (κ1) is 19.6. The molecule has 0 radical (unpaired) electrons. The Balaban J connectivity index is 1.56. The van der Waals surface area contributed by atoms with E-state index in [1.165, 1.54) is 12.5 Å². The third-order valence-corrected chi connectivity index (χ3v) is 6.60. The van der Waals surface area contributed by atoms with Gasteiger partial charge in [-0.05, 0) is 42.2 Å². The summed E-state index contributed by atoms with van der Waals surface area (Å²) in [7, 11) is 0. The van der Waals surface area contributed by atoms with Crippen LogP contribution in [0.2, 0.25) is 0 Å². The van der Waals surface area contributed by atoms with Gasteiger partial charge >= 0.3 is 0 Å². The Hall–Kier alpha value is -2.67. The molecule has 0 aromatic heterocycles. The highest BCUT2D eigenvalue weighted by molar-refractivity contribution is 5.93. The average Bonchev–Trinajstić information content (AvgIpc) is 3.51. The molecule has 154 valence electrons. The molecule has 1 spiro atoms. The molecule has 7 nitrogen and oxygen atoms in total. The number of likely N-dealkylation sites (tertiary alicyclic amines) is 1. The van der Waals surface area contributed by atoms with Crippen LogP contribution in [-0.4, -0.2) is 58.4 Å². The summed E-state index contributed by atoms with van der Waals surface area (Å²) in [6.07, 6.45) is 5.18. The number of hydrogen-bond acceptors (Lipinski definition) is 4. The molecular formula is C22H27N3O4. The minimum absolute atomic E-state index is 0.0814. The summed E-state index contributed by atoms with van der Waals surface area (Å²) in [5.74, 6) is -1.74. The standard InChI is InChI=1S/C22H27N3O4/c1-15(26)25-14-22(9-10-22)13-18(20(27)23-29)19(25)21(28)24-11-7-17(8-12-24)16-5-3-2-4-6-16/h2-7,18-19,29H,8-14H2,1H3,(H,23,27). The Bertz CT molecular complexity index is 847. The zero-order valence-corrected chi connectivity index (χ0v) is 16.6. The zero-order chi connectivity index (χ0) is 20.6. The molecule has 0 bridgehead atoms. The normalized spacial score (nSPS) is 25.4. The van der Waals surface area contributed by atoms with Crippen molar-refractivity contribution in [3.8, 4) is 0 Å². The summed E-state index contributed by atoms with van der Waals surface area (Å²) in [4.78, 5) is 41.4. The fourth-order valence-corrected chi connectivity index (χ4v) is 4.76. The molecule has 7 heteroatoms. The van der Waals surface area contributed by atoms with E-state index in [0.717, 1.165) is 24.8 Å². The monoisotopic (exact) mass is 397 g/mol. The van der Waals surface area contributed by atoms with Crippen LogP contribution in [0.1, 0.15) is 38.2 Å². The second-order valence-electron chi connectivity index (χ2n) is 8.51. The van der Waals surface area contributed by atoms with Crippen LogP contribution in [-0.2, 0) is 14.4 Å². The molecule has 2 fully saturated rings. The van der Waals surface area contributed by atoms with Gasteiger partial charge in [0.05, 0.1) is 5.92 Å². The van der Waals surface area contributed by atoms with Gasteiger partial charge in [0.15, 0.2) is 0 Å². The third-order valence-electron chi connectivity index (χ3n) is 6.60. The number of carbonyl (C=O) groups excluding carboxylic acids is 3. The molecule has 2 atom stereocenters. The highest BCUT2D eigenvalue weighted by Gasteiger charge is 2.56. The third kappa shape index (κ3) is 3.79. The van der Waals surface area contributed by atoms with E-state index in [4.69, 9.17) is 0 Å². The number of hydroxylamine groups is 1. The highest BCUT2D eigenvalue weighted by atomic mass is 16.5. The molecule has 1 aliphatic carbocycles. The van der Waals surface area contributed by atoms with E-state index in [1.54, 1.807) is 15.3 Å². The van der Waals surface area contributed by atoms with Crippen molar-refractivity contribution in [1.29, 1.82) is 0 Å². The van der Waals surface area contributed by atoms with E-state index in [2.05, 4.69) is 12.1 Å². The summed E-state index contributed by atoms with van der Waals surface area (Å²) >= 11 is 0. The Morgan fingerprint density at radius 3 is 2.45 bits per heavy atom. The van der Waals surface area contributed by atoms with Crippen molar-refractivity contribution in [3.05, 3.63) is 42.0 Å². The lowest BCUT2D eigenvalue weighted by Gasteiger charge is -2.45. The summed E-state index contributed by atoms with van der Waals surface area (Å²) in [6.45, 7) is 2.94. The van der Waals surface area contributed by atoms with Crippen LogP contribution in [0, 0.1) is 11.3 Å². The predicted molar refractivity (Wildman–Crippen MR) is 106 cm³/mol. The van der Waals surface area contributed by atoms with E-state index in [9.17, 15) is 19.6 Å². The molecular weight excluding hydrogens is 370 g/mol. The average molecular weight is 397 g/mol. The Morgan fingerprint density at radius 2 is 1.90 bits per heavy atom. The van der Waals surface area contributed by atoms with Crippen molar-refractivity contribution < 1.29 is 19.6 Å². The summed E-state index contributed by atoms with van der Waals surface area (Å²) < 4.78 is 0. The van der Waals surface area contributed by atoms with E-state index < -0.39 is 17.9 Å². The zero-order valence-electron chi connectivity index (χ0n) is 16.6. The van der Waals surface area contributed by atoms with Gasteiger partial charge in [-0.3, -0.25) is 19.6 Å². The molecule has 1 saturated heterocycles. The van der Waals surface area contributed by atoms with Crippen LogP contribution in [0.4, 0.5) is 0 Å². The maximum absolute atomic E-state index is 13.4. The van der Waals surface area contributed by atoms with Crippen molar-refractivity contribution in [2.24, 2.45) is 11.3 Å². The Kier molecular flexibility index (Phi) is 5.17. The SMILES string of the molecule is CC(=O)N1CC2(CC2)CC(C(=O)NO)C1C(=O)N1CC=C(c2ccccc2)CC1. The van der Waals surface area contributed by atoms with Gasteiger partial charge < -0.3 is 9.80 Å². The van der Waals surface area contributed by atoms with Crippen LogP contribution in [0.3, 0.4) is 0 Å². The molecule has 29 heavy (non-hydrogen) atoms. The van der Waals surface area contributed by atoms with E-state index >= 15 is 0 Å². The highest BCUT2D eigenvalue weighted by Crippen LogP contribution is 2.55. The molecule has 2 N–H and O–H groups in total. The van der Waals surface area contributed by atoms with Crippen molar-refractivity contribution in [1.82, 2.24) is 15.3 Å². The minimum atomic E-state index is -0.863.